The van der Waals surface area contributed by atoms with Crippen LogP contribution in [0.15, 0.2) is 0 Å². The van der Waals surface area contributed by atoms with Gasteiger partial charge in [-0.1, -0.05) is 0 Å². The molecule has 1 heterocycles. The number of aliphatic hydroxyl groups is 3. The normalized spacial score (nSPS) is 30.9. The summed E-state index contributed by atoms with van der Waals surface area (Å²) < 4.78 is 5.00. The van der Waals surface area contributed by atoms with Crippen LogP contribution in [0, 0.1) is 0 Å². The molecule has 1 unspecified atom stereocenters. The average Bonchev–Trinajstić information content (AvgIpc) is 2.33. The van der Waals surface area contributed by atoms with E-state index in [1.807, 2.05) is 0 Å². The van der Waals surface area contributed by atoms with Crippen LogP contribution in [0.5, 0.6) is 0 Å². The molecule has 60 valence electrons. The quantitative estimate of drug-likeness (QED) is 0.445. The van der Waals surface area contributed by atoms with Crippen LogP contribution in [0.25, 0.3) is 0 Å². The third-order valence-corrected chi connectivity index (χ3v) is 1.77. The molecule has 1 aliphatic heterocycles. The van der Waals surface area contributed by atoms with Crippen molar-refractivity contribution in [3.05, 3.63) is 0 Å². The van der Waals surface area contributed by atoms with Gasteiger partial charge >= 0.3 is 0 Å². The standard InChI is InChI=1S/C6H12O4/c7-3-6(4-8)1-5(9)2-10-6/h5,7-9H,1-4H2. The van der Waals surface area contributed by atoms with Crippen LogP contribution in [0.1, 0.15) is 6.42 Å². The van der Waals surface area contributed by atoms with E-state index in [1.165, 1.54) is 0 Å². The largest absolute Gasteiger partial charge is 0.393 e. The molecule has 1 atom stereocenters. The van der Waals surface area contributed by atoms with Crippen molar-refractivity contribution >= 4 is 0 Å². The van der Waals surface area contributed by atoms with E-state index < -0.39 is 11.7 Å². The monoisotopic (exact) mass is 148 g/mol. The molecule has 1 fully saturated rings. The van der Waals surface area contributed by atoms with E-state index in [0.29, 0.717) is 6.42 Å². The lowest BCUT2D eigenvalue weighted by Gasteiger charge is -2.21. The Morgan fingerprint density at radius 3 is 2.20 bits per heavy atom. The second-order valence-corrected chi connectivity index (χ2v) is 2.67. The second-order valence-electron chi connectivity index (χ2n) is 2.67. The Labute approximate surface area is 59.1 Å². The van der Waals surface area contributed by atoms with E-state index in [1.54, 1.807) is 0 Å². The molecule has 0 bridgehead atoms. The first kappa shape index (κ1) is 7.94. The minimum Gasteiger partial charge on any atom is -0.393 e. The van der Waals surface area contributed by atoms with E-state index in [2.05, 4.69) is 0 Å². The average molecular weight is 148 g/mol. The van der Waals surface area contributed by atoms with Gasteiger partial charge < -0.3 is 20.1 Å². The zero-order chi connectivity index (χ0) is 7.61. The van der Waals surface area contributed by atoms with Crippen LogP contribution in [-0.4, -0.2) is 46.8 Å². The molecule has 0 aromatic rings. The van der Waals surface area contributed by atoms with Crippen molar-refractivity contribution < 1.29 is 20.1 Å². The lowest BCUT2D eigenvalue weighted by atomic mass is 10.0. The number of rotatable bonds is 2. The van der Waals surface area contributed by atoms with Gasteiger partial charge in [0.25, 0.3) is 0 Å². The van der Waals surface area contributed by atoms with Crippen molar-refractivity contribution in [1.29, 1.82) is 0 Å². The van der Waals surface area contributed by atoms with Gasteiger partial charge in [0.2, 0.25) is 0 Å². The first-order chi connectivity index (χ1) is 4.72. The fourth-order valence-electron chi connectivity index (χ4n) is 1.09. The van der Waals surface area contributed by atoms with Gasteiger partial charge in [-0.3, -0.25) is 0 Å². The van der Waals surface area contributed by atoms with E-state index in [9.17, 15) is 0 Å². The lowest BCUT2D eigenvalue weighted by molar-refractivity contribution is -0.0722. The Balaban J connectivity index is 2.51. The highest BCUT2D eigenvalue weighted by Gasteiger charge is 2.38. The summed E-state index contributed by atoms with van der Waals surface area (Å²) in [5.74, 6) is 0. The van der Waals surface area contributed by atoms with Crippen molar-refractivity contribution in [1.82, 2.24) is 0 Å². The number of hydrogen-bond acceptors (Lipinski definition) is 4. The predicted octanol–water partition coefficient (Wildman–Crippen LogP) is -1.51. The van der Waals surface area contributed by atoms with Crippen LogP contribution in [-0.2, 0) is 4.74 Å². The molecular weight excluding hydrogens is 136 g/mol. The van der Waals surface area contributed by atoms with Crippen LogP contribution in [0.3, 0.4) is 0 Å². The molecule has 4 heteroatoms. The zero-order valence-corrected chi connectivity index (χ0v) is 5.66. The molecule has 0 saturated carbocycles. The zero-order valence-electron chi connectivity index (χ0n) is 5.66. The maximum atomic E-state index is 8.98. The summed E-state index contributed by atoms with van der Waals surface area (Å²) in [5, 5.41) is 26.5. The molecule has 0 aromatic carbocycles. The van der Waals surface area contributed by atoms with Crippen LogP contribution in [0.2, 0.25) is 0 Å². The highest BCUT2D eigenvalue weighted by atomic mass is 16.5. The molecule has 1 saturated heterocycles. The Kier molecular flexibility index (Phi) is 2.25. The minimum absolute atomic E-state index is 0.209. The maximum Gasteiger partial charge on any atom is 0.117 e. The summed E-state index contributed by atoms with van der Waals surface area (Å²) in [6.45, 7) is -0.262. The van der Waals surface area contributed by atoms with Gasteiger partial charge in [0, 0.05) is 6.42 Å². The molecule has 3 N–H and O–H groups in total. The van der Waals surface area contributed by atoms with Gasteiger partial charge in [0.1, 0.15) is 5.60 Å². The first-order valence-electron chi connectivity index (χ1n) is 3.26. The van der Waals surface area contributed by atoms with Crippen LogP contribution in [0.4, 0.5) is 0 Å². The van der Waals surface area contributed by atoms with Crippen molar-refractivity contribution in [2.45, 2.75) is 18.1 Å². The Bertz CT molecular complexity index is 110. The predicted molar refractivity (Wildman–Crippen MR) is 33.5 cm³/mol. The molecular formula is C6H12O4. The van der Waals surface area contributed by atoms with Crippen molar-refractivity contribution in [3.8, 4) is 0 Å². The summed E-state index contributed by atoms with van der Waals surface area (Å²) >= 11 is 0. The Morgan fingerprint density at radius 2 is 2.00 bits per heavy atom. The third-order valence-electron chi connectivity index (χ3n) is 1.77. The molecule has 1 aliphatic rings. The summed E-state index contributed by atoms with van der Waals surface area (Å²) in [6.07, 6.45) is -0.223. The first-order valence-corrected chi connectivity index (χ1v) is 3.26. The van der Waals surface area contributed by atoms with Gasteiger partial charge in [-0.05, 0) is 0 Å². The fraction of sp³-hybridized carbons (Fsp3) is 1.00. The van der Waals surface area contributed by atoms with E-state index in [0.717, 1.165) is 0 Å². The van der Waals surface area contributed by atoms with Gasteiger partial charge in [0.15, 0.2) is 0 Å². The van der Waals surface area contributed by atoms with E-state index in [4.69, 9.17) is 20.1 Å². The van der Waals surface area contributed by atoms with Gasteiger partial charge in [0.05, 0.1) is 25.9 Å². The smallest absolute Gasteiger partial charge is 0.117 e. The van der Waals surface area contributed by atoms with E-state index in [-0.39, 0.29) is 19.8 Å². The number of hydrogen-bond donors (Lipinski definition) is 3. The molecule has 4 nitrogen and oxygen atoms in total. The summed E-state index contributed by atoms with van der Waals surface area (Å²) in [6, 6.07) is 0. The molecule has 0 aromatic heterocycles. The molecule has 0 radical (unpaired) electrons. The molecule has 0 amide bonds. The lowest BCUT2D eigenvalue weighted by Crippen LogP contribution is -2.37. The molecule has 10 heavy (non-hydrogen) atoms. The van der Waals surface area contributed by atoms with Crippen LogP contribution < -0.4 is 0 Å². The highest BCUT2D eigenvalue weighted by molar-refractivity contribution is 4.87. The Morgan fingerprint density at radius 1 is 1.40 bits per heavy atom. The maximum absolute atomic E-state index is 8.98. The molecule has 0 spiro atoms. The number of aliphatic hydroxyl groups excluding tert-OH is 3. The third kappa shape index (κ3) is 1.29. The second kappa shape index (κ2) is 2.84. The van der Waals surface area contributed by atoms with Crippen molar-refractivity contribution in [2.24, 2.45) is 0 Å². The van der Waals surface area contributed by atoms with E-state index >= 15 is 0 Å². The summed E-state index contributed by atoms with van der Waals surface area (Å²) in [7, 11) is 0. The number of ether oxygens (including phenoxy) is 1. The van der Waals surface area contributed by atoms with Gasteiger partial charge in [-0.2, -0.15) is 0 Å². The summed E-state index contributed by atoms with van der Waals surface area (Å²) in [4.78, 5) is 0. The Hall–Kier alpha value is -0.160. The highest BCUT2D eigenvalue weighted by Crippen LogP contribution is 2.24. The van der Waals surface area contributed by atoms with Crippen LogP contribution >= 0.6 is 0 Å². The topological polar surface area (TPSA) is 69.9 Å². The van der Waals surface area contributed by atoms with Gasteiger partial charge in [-0.15, -0.1) is 0 Å². The van der Waals surface area contributed by atoms with Crippen molar-refractivity contribution in [3.63, 3.8) is 0 Å². The molecule has 1 rings (SSSR count). The molecule has 0 aliphatic carbocycles. The minimum atomic E-state index is -0.889. The van der Waals surface area contributed by atoms with Crippen molar-refractivity contribution in [2.75, 3.05) is 19.8 Å². The fourth-order valence-corrected chi connectivity index (χ4v) is 1.09. The SMILES string of the molecule is OCC1(CO)CC(O)CO1. The summed E-state index contributed by atoms with van der Waals surface area (Å²) in [5.41, 5.74) is -0.889. The van der Waals surface area contributed by atoms with Gasteiger partial charge in [-0.25, -0.2) is 0 Å².